The first-order valence-corrected chi connectivity index (χ1v) is 8.05. The lowest BCUT2D eigenvalue weighted by Crippen LogP contribution is -2.38. The highest BCUT2D eigenvalue weighted by Gasteiger charge is 2.23. The van der Waals surface area contributed by atoms with E-state index in [4.69, 9.17) is 0 Å². The minimum Gasteiger partial charge on any atom is -0.329 e. The Kier molecular flexibility index (Phi) is 3.45. The molecule has 3 aromatic rings. The molecule has 0 spiro atoms. The number of hydrogen-bond acceptors (Lipinski definition) is 3. The van der Waals surface area contributed by atoms with Gasteiger partial charge in [0.05, 0.1) is 6.54 Å². The molecule has 6 heteroatoms. The first-order chi connectivity index (χ1) is 11.6. The van der Waals surface area contributed by atoms with Crippen LogP contribution in [0.5, 0.6) is 0 Å². The van der Waals surface area contributed by atoms with Crippen molar-refractivity contribution in [3.63, 3.8) is 0 Å². The van der Waals surface area contributed by atoms with E-state index < -0.39 is 0 Å². The molecule has 0 atom stereocenters. The molecule has 1 aliphatic rings. The third-order valence-corrected chi connectivity index (χ3v) is 4.55. The summed E-state index contributed by atoms with van der Waals surface area (Å²) in [6.45, 7) is 6.06. The molecule has 122 valence electrons. The van der Waals surface area contributed by atoms with E-state index in [-0.39, 0.29) is 5.91 Å². The Labute approximate surface area is 140 Å². The lowest BCUT2D eigenvalue weighted by Gasteiger charge is -2.27. The molecule has 0 saturated carbocycles. The highest BCUT2D eigenvalue weighted by molar-refractivity contribution is 5.94. The van der Waals surface area contributed by atoms with Gasteiger partial charge in [0.15, 0.2) is 5.82 Å². The molecule has 1 aliphatic heterocycles. The summed E-state index contributed by atoms with van der Waals surface area (Å²) in [7, 11) is 0. The van der Waals surface area contributed by atoms with Crippen molar-refractivity contribution in [3.8, 4) is 5.69 Å². The fourth-order valence-electron chi connectivity index (χ4n) is 3.28. The molecule has 6 nitrogen and oxygen atoms in total. The second-order valence-corrected chi connectivity index (χ2v) is 6.17. The van der Waals surface area contributed by atoms with Gasteiger partial charge in [-0.1, -0.05) is 6.07 Å². The number of benzene rings is 1. The molecule has 0 fully saturated rings. The van der Waals surface area contributed by atoms with E-state index in [0.717, 1.165) is 29.4 Å². The summed E-state index contributed by atoms with van der Waals surface area (Å²) in [6, 6.07) is 12.0. The van der Waals surface area contributed by atoms with Crippen LogP contribution in [0.4, 0.5) is 0 Å². The predicted molar refractivity (Wildman–Crippen MR) is 90.0 cm³/mol. The van der Waals surface area contributed by atoms with E-state index in [1.54, 1.807) is 6.33 Å². The van der Waals surface area contributed by atoms with E-state index in [1.165, 1.54) is 0 Å². The van der Waals surface area contributed by atoms with Gasteiger partial charge in [-0.2, -0.15) is 0 Å². The molecular weight excluding hydrogens is 302 g/mol. The Hall–Kier alpha value is -2.89. The van der Waals surface area contributed by atoms with Crippen molar-refractivity contribution >= 4 is 5.91 Å². The molecule has 1 amide bonds. The molecular formula is C18H19N5O. The monoisotopic (exact) mass is 321 g/mol. The smallest absolute Gasteiger partial charge is 0.254 e. The molecule has 0 radical (unpaired) electrons. The largest absolute Gasteiger partial charge is 0.329 e. The van der Waals surface area contributed by atoms with Crippen LogP contribution in [0.2, 0.25) is 0 Å². The second-order valence-electron chi connectivity index (χ2n) is 6.17. The zero-order valence-corrected chi connectivity index (χ0v) is 13.8. The van der Waals surface area contributed by atoms with Crippen LogP contribution < -0.4 is 0 Å². The molecule has 0 N–H and O–H groups in total. The van der Waals surface area contributed by atoms with Gasteiger partial charge in [0.1, 0.15) is 6.33 Å². The van der Waals surface area contributed by atoms with Crippen molar-refractivity contribution in [1.29, 1.82) is 0 Å². The van der Waals surface area contributed by atoms with Crippen LogP contribution in [0.1, 0.15) is 27.6 Å². The van der Waals surface area contributed by atoms with Gasteiger partial charge in [0.25, 0.3) is 5.91 Å². The van der Waals surface area contributed by atoms with E-state index in [2.05, 4.69) is 40.7 Å². The van der Waals surface area contributed by atoms with Crippen molar-refractivity contribution in [1.82, 2.24) is 24.2 Å². The summed E-state index contributed by atoms with van der Waals surface area (Å²) in [5.41, 5.74) is 4.03. The van der Waals surface area contributed by atoms with E-state index in [1.807, 2.05) is 33.7 Å². The molecule has 0 aliphatic carbocycles. The number of rotatable bonds is 2. The molecule has 3 heterocycles. The minimum atomic E-state index is 0.0357. The number of amides is 1. The number of carbonyl (C=O) groups excluding carboxylic acids is 1. The number of hydrogen-bond donors (Lipinski definition) is 0. The van der Waals surface area contributed by atoms with Crippen LogP contribution in [0.15, 0.2) is 42.7 Å². The molecule has 4 rings (SSSR count). The maximum atomic E-state index is 12.9. The highest BCUT2D eigenvalue weighted by atomic mass is 16.2. The fraction of sp³-hybridized carbons (Fsp3) is 0.278. The second kappa shape index (κ2) is 5.63. The van der Waals surface area contributed by atoms with Crippen molar-refractivity contribution in [2.45, 2.75) is 26.9 Å². The summed E-state index contributed by atoms with van der Waals surface area (Å²) in [5.74, 6) is 0.872. The van der Waals surface area contributed by atoms with Gasteiger partial charge < -0.3 is 14.0 Å². The van der Waals surface area contributed by atoms with Crippen LogP contribution >= 0.6 is 0 Å². The topological polar surface area (TPSA) is 56.0 Å². The van der Waals surface area contributed by atoms with Crippen LogP contribution in [0, 0.1) is 13.8 Å². The summed E-state index contributed by atoms with van der Waals surface area (Å²) >= 11 is 0. The molecule has 0 saturated heterocycles. The summed E-state index contributed by atoms with van der Waals surface area (Å²) in [6.07, 6.45) is 1.72. The van der Waals surface area contributed by atoms with E-state index in [0.29, 0.717) is 18.7 Å². The summed E-state index contributed by atoms with van der Waals surface area (Å²) in [4.78, 5) is 14.7. The Morgan fingerprint density at radius 2 is 1.88 bits per heavy atom. The maximum Gasteiger partial charge on any atom is 0.254 e. The third-order valence-electron chi connectivity index (χ3n) is 4.55. The zero-order valence-electron chi connectivity index (χ0n) is 13.8. The van der Waals surface area contributed by atoms with Crippen LogP contribution in [-0.4, -0.2) is 36.7 Å². The average molecular weight is 321 g/mol. The van der Waals surface area contributed by atoms with Gasteiger partial charge in [-0.05, 0) is 44.2 Å². The van der Waals surface area contributed by atoms with Gasteiger partial charge in [0.2, 0.25) is 0 Å². The van der Waals surface area contributed by atoms with Crippen LogP contribution in [0.3, 0.4) is 0 Å². The van der Waals surface area contributed by atoms with Gasteiger partial charge in [-0.3, -0.25) is 4.79 Å². The summed E-state index contributed by atoms with van der Waals surface area (Å²) in [5, 5.41) is 7.99. The maximum absolute atomic E-state index is 12.9. The lowest BCUT2D eigenvalue weighted by molar-refractivity contribution is 0.0707. The van der Waals surface area contributed by atoms with Crippen molar-refractivity contribution in [2.24, 2.45) is 0 Å². The van der Waals surface area contributed by atoms with Crippen LogP contribution in [-0.2, 0) is 13.1 Å². The lowest BCUT2D eigenvalue weighted by atomic mass is 10.1. The minimum absolute atomic E-state index is 0.0357. The van der Waals surface area contributed by atoms with Gasteiger partial charge >= 0.3 is 0 Å². The van der Waals surface area contributed by atoms with Gasteiger partial charge in [-0.15, -0.1) is 10.2 Å². The Morgan fingerprint density at radius 3 is 2.67 bits per heavy atom. The SMILES string of the molecule is Cc1ccc(C)n1-c1cccc(C(=O)N2CCn3cnnc3C2)c1. The zero-order chi connectivity index (χ0) is 16.7. The van der Waals surface area contributed by atoms with Crippen molar-refractivity contribution in [3.05, 3.63) is 65.5 Å². The number of aromatic nitrogens is 4. The van der Waals surface area contributed by atoms with Crippen LogP contribution in [0.25, 0.3) is 5.69 Å². The average Bonchev–Trinajstić information content (AvgIpc) is 3.20. The highest BCUT2D eigenvalue weighted by Crippen LogP contribution is 2.19. The Bertz CT molecular complexity index is 888. The van der Waals surface area contributed by atoms with Crippen molar-refractivity contribution in [2.75, 3.05) is 6.54 Å². The van der Waals surface area contributed by atoms with Gasteiger partial charge in [0, 0.05) is 35.7 Å². The molecule has 1 aromatic carbocycles. The molecule has 0 unspecified atom stereocenters. The van der Waals surface area contributed by atoms with E-state index in [9.17, 15) is 4.79 Å². The summed E-state index contributed by atoms with van der Waals surface area (Å²) < 4.78 is 4.15. The first-order valence-electron chi connectivity index (χ1n) is 8.05. The number of fused-ring (bicyclic) bond motifs is 1. The number of aryl methyl sites for hydroxylation is 2. The van der Waals surface area contributed by atoms with Crippen molar-refractivity contribution < 1.29 is 4.79 Å². The quantitative estimate of drug-likeness (QED) is 0.728. The Balaban J connectivity index is 1.63. The molecule has 2 aromatic heterocycles. The molecule has 24 heavy (non-hydrogen) atoms. The predicted octanol–water partition coefficient (Wildman–Crippen LogP) is 2.34. The molecule has 0 bridgehead atoms. The standard InChI is InChI=1S/C18H19N5O/c1-13-6-7-14(2)23(13)16-5-3-4-15(10-16)18(24)21-8-9-22-12-19-20-17(22)11-21/h3-7,10,12H,8-9,11H2,1-2H3. The normalized spacial score (nSPS) is 13.8. The fourth-order valence-corrected chi connectivity index (χ4v) is 3.28. The third kappa shape index (κ3) is 2.40. The van der Waals surface area contributed by atoms with E-state index >= 15 is 0 Å². The number of nitrogens with zero attached hydrogens (tertiary/aromatic N) is 5. The number of carbonyl (C=O) groups is 1. The van der Waals surface area contributed by atoms with Gasteiger partial charge in [-0.25, -0.2) is 0 Å². The Morgan fingerprint density at radius 1 is 1.08 bits per heavy atom. The first kappa shape index (κ1) is 14.7.